The summed E-state index contributed by atoms with van der Waals surface area (Å²) >= 11 is 3.36. The Balaban J connectivity index is 1.73. The average molecular weight is 407 g/mol. The number of carbonyl (C=O) groups excluding carboxylic acids is 1. The number of amides is 1. The Kier molecular flexibility index (Phi) is 5.58. The van der Waals surface area contributed by atoms with Gasteiger partial charge in [-0.3, -0.25) is 4.79 Å². The topological polar surface area (TPSA) is 41.6 Å². The van der Waals surface area contributed by atoms with E-state index in [1.54, 1.807) is 37.4 Å². The van der Waals surface area contributed by atoms with Crippen LogP contribution in [0, 0.1) is 5.82 Å². The first-order valence-electron chi connectivity index (χ1n) is 8.28. The lowest BCUT2D eigenvalue weighted by Gasteiger charge is -2.29. The number of ether oxygens (including phenoxy) is 1. The Morgan fingerprint density at radius 2 is 1.92 bits per heavy atom. The van der Waals surface area contributed by atoms with Gasteiger partial charge in [-0.05, 0) is 71.6 Å². The van der Waals surface area contributed by atoms with Gasteiger partial charge in [0.15, 0.2) is 0 Å². The minimum absolute atomic E-state index is 0.298. The molecule has 2 aromatic carbocycles. The maximum atomic E-state index is 14.4. The molecular weight excluding hydrogens is 387 g/mol. The lowest BCUT2D eigenvalue weighted by molar-refractivity contribution is 0.102. The molecule has 4 nitrogen and oxygen atoms in total. The third-order valence-corrected chi connectivity index (χ3v) is 4.94. The van der Waals surface area contributed by atoms with Gasteiger partial charge in [0.25, 0.3) is 5.91 Å². The van der Waals surface area contributed by atoms with Gasteiger partial charge in [0.2, 0.25) is 0 Å². The number of rotatable bonds is 4. The predicted octanol–water partition coefficient (Wildman–Crippen LogP) is 4.84. The van der Waals surface area contributed by atoms with Gasteiger partial charge in [-0.1, -0.05) is 0 Å². The molecule has 0 aromatic heterocycles. The van der Waals surface area contributed by atoms with Gasteiger partial charge >= 0.3 is 0 Å². The Morgan fingerprint density at radius 3 is 2.56 bits per heavy atom. The molecule has 0 bridgehead atoms. The monoisotopic (exact) mass is 406 g/mol. The van der Waals surface area contributed by atoms with E-state index in [1.165, 1.54) is 12.5 Å². The van der Waals surface area contributed by atoms with Crippen LogP contribution in [0.4, 0.5) is 15.8 Å². The second-order valence-electron chi connectivity index (χ2n) is 6.02. The van der Waals surface area contributed by atoms with Crippen LogP contribution in [0.5, 0.6) is 5.75 Å². The van der Waals surface area contributed by atoms with Crippen molar-refractivity contribution in [2.75, 3.05) is 30.4 Å². The van der Waals surface area contributed by atoms with E-state index in [9.17, 15) is 9.18 Å². The summed E-state index contributed by atoms with van der Waals surface area (Å²) in [5, 5.41) is 2.73. The largest absolute Gasteiger partial charge is 0.496 e. The van der Waals surface area contributed by atoms with Crippen molar-refractivity contribution >= 4 is 33.2 Å². The fraction of sp³-hybridized carbons (Fsp3) is 0.316. The summed E-state index contributed by atoms with van der Waals surface area (Å²) in [5.74, 6) is 0.0394. The van der Waals surface area contributed by atoms with Crippen molar-refractivity contribution in [3.8, 4) is 5.75 Å². The van der Waals surface area contributed by atoms with Crippen molar-refractivity contribution in [3.63, 3.8) is 0 Å². The second-order valence-corrected chi connectivity index (χ2v) is 6.87. The maximum absolute atomic E-state index is 14.4. The van der Waals surface area contributed by atoms with Gasteiger partial charge in [-0.2, -0.15) is 0 Å². The smallest absolute Gasteiger partial charge is 0.255 e. The molecule has 2 aromatic rings. The van der Waals surface area contributed by atoms with Crippen LogP contribution in [-0.2, 0) is 0 Å². The van der Waals surface area contributed by atoms with E-state index >= 15 is 0 Å². The SMILES string of the molecule is COc1ccc(C(=O)Nc2ccc(N3CCCCC3)c(F)c2)cc1Br. The van der Waals surface area contributed by atoms with E-state index < -0.39 is 0 Å². The lowest BCUT2D eigenvalue weighted by Crippen LogP contribution is -2.30. The minimum Gasteiger partial charge on any atom is -0.496 e. The highest BCUT2D eigenvalue weighted by Gasteiger charge is 2.16. The molecule has 132 valence electrons. The first-order chi connectivity index (χ1) is 12.1. The Labute approximate surface area is 155 Å². The average Bonchev–Trinajstić information content (AvgIpc) is 2.62. The number of hydrogen-bond donors (Lipinski definition) is 1. The van der Waals surface area contributed by atoms with Gasteiger partial charge < -0.3 is 15.0 Å². The first kappa shape index (κ1) is 17.7. The standard InChI is InChI=1S/C19H20BrFN2O2/c1-25-18-8-5-13(11-15(18)20)19(24)22-14-6-7-17(16(21)12-14)23-9-3-2-4-10-23/h5-8,11-12H,2-4,9-10H2,1H3,(H,22,24). The van der Waals surface area contributed by atoms with Gasteiger partial charge in [0.1, 0.15) is 11.6 Å². The van der Waals surface area contributed by atoms with E-state index in [-0.39, 0.29) is 11.7 Å². The molecule has 0 unspecified atom stereocenters. The van der Waals surface area contributed by atoms with E-state index in [0.29, 0.717) is 27.2 Å². The number of hydrogen-bond acceptors (Lipinski definition) is 3. The molecule has 0 aliphatic carbocycles. The molecule has 0 atom stereocenters. The van der Waals surface area contributed by atoms with Crippen LogP contribution >= 0.6 is 15.9 Å². The summed E-state index contributed by atoms with van der Waals surface area (Å²) in [6.45, 7) is 1.75. The molecule has 1 aliphatic rings. The molecule has 0 saturated carbocycles. The van der Waals surface area contributed by atoms with E-state index in [4.69, 9.17) is 4.74 Å². The molecule has 25 heavy (non-hydrogen) atoms. The third-order valence-electron chi connectivity index (χ3n) is 4.32. The summed E-state index contributed by atoms with van der Waals surface area (Å²) in [6.07, 6.45) is 3.37. The summed E-state index contributed by atoms with van der Waals surface area (Å²) in [6, 6.07) is 9.90. The molecule has 0 spiro atoms. The summed E-state index contributed by atoms with van der Waals surface area (Å²) < 4.78 is 20.3. The maximum Gasteiger partial charge on any atom is 0.255 e. The zero-order chi connectivity index (χ0) is 17.8. The van der Waals surface area contributed by atoms with Gasteiger partial charge in [-0.15, -0.1) is 0 Å². The van der Waals surface area contributed by atoms with Gasteiger partial charge in [-0.25, -0.2) is 4.39 Å². The Morgan fingerprint density at radius 1 is 1.16 bits per heavy atom. The van der Waals surface area contributed by atoms with Crippen LogP contribution in [0.3, 0.4) is 0 Å². The molecule has 1 heterocycles. The number of carbonyl (C=O) groups is 1. The fourth-order valence-corrected chi connectivity index (χ4v) is 3.53. The first-order valence-corrected chi connectivity index (χ1v) is 9.07. The zero-order valence-electron chi connectivity index (χ0n) is 14.0. The van der Waals surface area contributed by atoms with Crippen LogP contribution in [-0.4, -0.2) is 26.1 Å². The fourth-order valence-electron chi connectivity index (χ4n) is 2.99. The Hall–Kier alpha value is -2.08. The van der Waals surface area contributed by atoms with Crippen LogP contribution in [0.2, 0.25) is 0 Å². The minimum atomic E-state index is -0.310. The normalized spacial score (nSPS) is 14.3. The van der Waals surface area contributed by atoms with E-state index in [0.717, 1.165) is 25.9 Å². The van der Waals surface area contributed by atoms with Crippen molar-refractivity contribution in [3.05, 3.63) is 52.3 Å². The van der Waals surface area contributed by atoms with Crippen LogP contribution in [0.15, 0.2) is 40.9 Å². The van der Waals surface area contributed by atoms with Crippen molar-refractivity contribution in [1.82, 2.24) is 0 Å². The van der Waals surface area contributed by atoms with Crippen LogP contribution in [0.1, 0.15) is 29.6 Å². The molecule has 3 rings (SSSR count). The predicted molar refractivity (Wildman–Crippen MR) is 101 cm³/mol. The van der Waals surface area contributed by atoms with Crippen molar-refractivity contribution in [2.45, 2.75) is 19.3 Å². The number of nitrogens with zero attached hydrogens (tertiary/aromatic N) is 1. The third kappa shape index (κ3) is 4.12. The number of methoxy groups -OCH3 is 1. The highest BCUT2D eigenvalue weighted by molar-refractivity contribution is 9.10. The van der Waals surface area contributed by atoms with Crippen molar-refractivity contribution in [1.29, 1.82) is 0 Å². The molecule has 1 fully saturated rings. The molecule has 1 aliphatic heterocycles. The quantitative estimate of drug-likeness (QED) is 0.789. The van der Waals surface area contributed by atoms with E-state index in [1.807, 2.05) is 0 Å². The number of anilines is 2. The molecule has 6 heteroatoms. The van der Waals surface area contributed by atoms with Gasteiger partial charge in [0, 0.05) is 24.3 Å². The summed E-state index contributed by atoms with van der Waals surface area (Å²) in [4.78, 5) is 14.4. The van der Waals surface area contributed by atoms with Crippen molar-refractivity contribution in [2.24, 2.45) is 0 Å². The number of halogens is 2. The number of piperidine rings is 1. The highest BCUT2D eigenvalue weighted by Crippen LogP contribution is 2.28. The van der Waals surface area contributed by atoms with Crippen LogP contribution in [0.25, 0.3) is 0 Å². The lowest BCUT2D eigenvalue weighted by atomic mass is 10.1. The summed E-state index contributed by atoms with van der Waals surface area (Å²) in [5.41, 5.74) is 1.51. The van der Waals surface area contributed by atoms with E-state index in [2.05, 4.69) is 26.1 Å². The van der Waals surface area contributed by atoms with Gasteiger partial charge in [0.05, 0.1) is 17.3 Å². The highest BCUT2D eigenvalue weighted by atomic mass is 79.9. The molecule has 1 amide bonds. The number of nitrogens with one attached hydrogen (secondary N) is 1. The second kappa shape index (κ2) is 7.87. The van der Waals surface area contributed by atoms with Crippen molar-refractivity contribution < 1.29 is 13.9 Å². The molecular formula is C19H20BrFN2O2. The zero-order valence-corrected chi connectivity index (χ0v) is 15.6. The number of benzene rings is 2. The molecule has 1 N–H and O–H groups in total. The molecule has 0 radical (unpaired) electrons. The summed E-state index contributed by atoms with van der Waals surface area (Å²) in [7, 11) is 1.56. The Bertz CT molecular complexity index is 776. The molecule has 1 saturated heterocycles. The van der Waals surface area contributed by atoms with Crippen LogP contribution < -0.4 is 15.0 Å².